The van der Waals surface area contributed by atoms with Crippen LogP contribution in [0.2, 0.25) is 10.0 Å². The number of nitro groups is 1. The number of nitrogens with one attached hydrogen (secondary N) is 1. The average molecular weight is 309 g/mol. The second-order valence-electron chi connectivity index (χ2n) is 3.80. The molecule has 1 N–H and O–H groups in total. The first kappa shape index (κ1) is 15.4. The van der Waals surface area contributed by atoms with E-state index in [-0.39, 0.29) is 15.7 Å². The number of non-ortho nitro benzene ring substituents is 1. The first-order chi connectivity index (χ1) is 8.45. The highest BCUT2D eigenvalue weighted by molar-refractivity contribution is 7.99. The van der Waals surface area contributed by atoms with E-state index >= 15 is 0 Å². The van der Waals surface area contributed by atoms with Crippen molar-refractivity contribution in [2.75, 3.05) is 18.1 Å². The van der Waals surface area contributed by atoms with Crippen molar-refractivity contribution in [2.24, 2.45) is 0 Å². The number of benzene rings is 1. The maximum atomic E-state index is 10.6. The minimum atomic E-state index is -0.517. The lowest BCUT2D eigenvalue weighted by molar-refractivity contribution is -0.384. The van der Waals surface area contributed by atoms with E-state index in [4.69, 9.17) is 23.2 Å². The molecule has 0 fully saturated rings. The predicted octanol–water partition coefficient (Wildman–Crippen LogP) is 4.46. The lowest BCUT2D eigenvalue weighted by Crippen LogP contribution is -2.08. The Morgan fingerprint density at radius 3 is 2.44 bits per heavy atom. The van der Waals surface area contributed by atoms with Gasteiger partial charge in [0.1, 0.15) is 0 Å². The molecule has 0 aromatic heterocycles. The number of nitrogens with zero attached hydrogens (tertiary/aromatic N) is 1. The van der Waals surface area contributed by atoms with Crippen molar-refractivity contribution in [3.63, 3.8) is 0 Å². The van der Waals surface area contributed by atoms with Crippen molar-refractivity contribution in [2.45, 2.75) is 18.6 Å². The molecule has 1 aromatic carbocycles. The summed E-state index contributed by atoms with van der Waals surface area (Å²) in [5.74, 6) is 0. The van der Waals surface area contributed by atoms with Gasteiger partial charge in [-0.1, -0.05) is 30.1 Å². The minimum absolute atomic E-state index is 0.104. The molecule has 0 amide bonds. The van der Waals surface area contributed by atoms with E-state index in [9.17, 15) is 10.1 Å². The molecule has 1 aromatic rings. The monoisotopic (exact) mass is 308 g/mol. The van der Waals surface area contributed by atoms with Crippen LogP contribution in [-0.4, -0.2) is 23.0 Å². The van der Waals surface area contributed by atoms with Crippen LogP contribution in [0.25, 0.3) is 0 Å². The van der Waals surface area contributed by atoms with Crippen molar-refractivity contribution >= 4 is 46.3 Å². The van der Waals surface area contributed by atoms with Gasteiger partial charge < -0.3 is 5.32 Å². The Morgan fingerprint density at radius 1 is 1.44 bits per heavy atom. The summed E-state index contributed by atoms with van der Waals surface area (Å²) < 4.78 is 0. The van der Waals surface area contributed by atoms with Crippen LogP contribution < -0.4 is 5.32 Å². The van der Waals surface area contributed by atoms with Gasteiger partial charge in [0.25, 0.3) is 5.69 Å². The fourth-order valence-electron chi connectivity index (χ4n) is 1.35. The topological polar surface area (TPSA) is 55.2 Å². The zero-order valence-electron chi connectivity index (χ0n) is 10.1. The van der Waals surface area contributed by atoms with Crippen LogP contribution in [0.5, 0.6) is 0 Å². The number of anilines is 1. The fourth-order valence-corrected chi connectivity index (χ4v) is 2.32. The summed E-state index contributed by atoms with van der Waals surface area (Å²) >= 11 is 13.7. The largest absolute Gasteiger partial charge is 0.383 e. The van der Waals surface area contributed by atoms with E-state index in [0.717, 1.165) is 13.0 Å². The molecule has 1 atom stereocenters. The standard InChI is InChI=1S/C11H14Cl2N2O2S/c1-7(18-2)3-4-14-11-9(12)5-8(15(16)17)6-10(11)13/h5-7,14H,3-4H2,1-2H3. The minimum Gasteiger partial charge on any atom is -0.383 e. The highest BCUT2D eigenvalue weighted by atomic mass is 35.5. The van der Waals surface area contributed by atoms with Gasteiger partial charge in [-0.3, -0.25) is 10.1 Å². The van der Waals surface area contributed by atoms with E-state index in [1.165, 1.54) is 12.1 Å². The maximum absolute atomic E-state index is 10.6. The molecule has 0 saturated carbocycles. The molecule has 0 radical (unpaired) electrons. The summed E-state index contributed by atoms with van der Waals surface area (Å²) in [6, 6.07) is 2.60. The van der Waals surface area contributed by atoms with Gasteiger partial charge in [-0.2, -0.15) is 11.8 Å². The van der Waals surface area contributed by atoms with Crippen molar-refractivity contribution < 1.29 is 4.92 Å². The first-order valence-electron chi connectivity index (χ1n) is 5.35. The van der Waals surface area contributed by atoms with Gasteiger partial charge >= 0.3 is 0 Å². The smallest absolute Gasteiger partial charge is 0.272 e. The summed E-state index contributed by atoms with van der Waals surface area (Å²) in [5.41, 5.74) is 0.449. The van der Waals surface area contributed by atoms with Crippen LogP contribution in [0.4, 0.5) is 11.4 Å². The Kier molecular flexibility index (Phi) is 6.05. The Morgan fingerprint density at radius 2 is 2.00 bits per heavy atom. The first-order valence-corrected chi connectivity index (χ1v) is 7.40. The van der Waals surface area contributed by atoms with Crippen LogP contribution in [-0.2, 0) is 0 Å². The number of rotatable bonds is 6. The van der Waals surface area contributed by atoms with Crippen LogP contribution in [0.1, 0.15) is 13.3 Å². The Balaban J connectivity index is 2.75. The molecule has 0 saturated heterocycles. The third-order valence-electron chi connectivity index (χ3n) is 2.49. The molecule has 1 rings (SSSR count). The fraction of sp³-hybridized carbons (Fsp3) is 0.455. The van der Waals surface area contributed by atoms with Crippen molar-refractivity contribution in [3.05, 3.63) is 32.3 Å². The lowest BCUT2D eigenvalue weighted by atomic mass is 10.2. The SMILES string of the molecule is CSC(C)CCNc1c(Cl)cc([N+](=O)[O-])cc1Cl. The predicted molar refractivity (Wildman–Crippen MR) is 79.2 cm³/mol. The Labute approximate surface area is 120 Å². The summed E-state index contributed by atoms with van der Waals surface area (Å²) in [7, 11) is 0. The average Bonchev–Trinajstić information content (AvgIpc) is 2.31. The van der Waals surface area contributed by atoms with Gasteiger partial charge in [-0.05, 0) is 12.7 Å². The van der Waals surface area contributed by atoms with Crippen LogP contribution in [0.15, 0.2) is 12.1 Å². The van der Waals surface area contributed by atoms with Gasteiger partial charge in [0.05, 0.1) is 20.7 Å². The molecule has 100 valence electrons. The van der Waals surface area contributed by atoms with E-state index < -0.39 is 4.92 Å². The number of hydrogen-bond donors (Lipinski definition) is 1. The summed E-state index contributed by atoms with van der Waals surface area (Å²) in [6.07, 6.45) is 3.02. The Bertz CT molecular complexity index is 420. The second kappa shape index (κ2) is 7.07. The normalized spacial score (nSPS) is 12.2. The third-order valence-corrected chi connectivity index (χ3v) is 4.13. The van der Waals surface area contributed by atoms with E-state index in [2.05, 4.69) is 18.5 Å². The zero-order chi connectivity index (χ0) is 13.7. The number of thioether (sulfide) groups is 1. The zero-order valence-corrected chi connectivity index (χ0v) is 12.4. The molecule has 18 heavy (non-hydrogen) atoms. The molecule has 4 nitrogen and oxygen atoms in total. The van der Waals surface area contributed by atoms with E-state index in [1.54, 1.807) is 11.8 Å². The highest BCUT2D eigenvalue weighted by Gasteiger charge is 2.14. The van der Waals surface area contributed by atoms with Crippen LogP contribution in [0.3, 0.4) is 0 Å². The summed E-state index contributed by atoms with van der Waals surface area (Å²) in [5, 5.41) is 14.8. The summed E-state index contributed by atoms with van der Waals surface area (Å²) in [6.45, 7) is 2.85. The maximum Gasteiger partial charge on any atom is 0.272 e. The molecule has 0 bridgehead atoms. The van der Waals surface area contributed by atoms with Crippen molar-refractivity contribution in [1.29, 1.82) is 0 Å². The van der Waals surface area contributed by atoms with Crippen molar-refractivity contribution in [3.8, 4) is 0 Å². The van der Waals surface area contributed by atoms with Crippen LogP contribution in [0, 0.1) is 10.1 Å². The summed E-state index contributed by atoms with van der Waals surface area (Å²) in [4.78, 5) is 10.1. The van der Waals surface area contributed by atoms with Crippen LogP contribution >= 0.6 is 35.0 Å². The molecule has 0 aliphatic heterocycles. The van der Waals surface area contributed by atoms with Gasteiger partial charge in [0.15, 0.2) is 0 Å². The molecule has 0 spiro atoms. The molecule has 0 aliphatic carbocycles. The van der Waals surface area contributed by atoms with E-state index in [1.807, 2.05) is 0 Å². The molecule has 1 unspecified atom stereocenters. The number of nitro benzene ring substituents is 1. The van der Waals surface area contributed by atoms with E-state index in [0.29, 0.717) is 10.9 Å². The number of halogens is 2. The van der Waals surface area contributed by atoms with Gasteiger partial charge in [0.2, 0.25) is 0 Å². The lowest BCUT2D eigenvalue weighted by Gasteiger charge is -2.12. The van der Waals surface area contributed by atoms with Gasteiger partial charge in [-0.15, -0.1) is 0 Å². The Hall–Kier alpha value is -0.650. The molecule has 0 aliphatic rings. The van der Waals surface area contributed by atoms with Gasteiger partial charge in [-0.25, -0.2) is 0 Å². The molecule has 0 heterocycles. The third kappa shape index (κ3) is 4.23. The highest BCUT2D eigenvalue weighted by Crippen LogP contribution is 2.34. The van der Waals surface area contributed by atoms with Crippen molar-refractivity contribution in [1.82, 2.24) is 0 Å². The molecular formula is C11H14Cl2N2O2S. The quantitative estimate of drug-likeness (QED) is 0.623. The molecule has 7 heteroatoms. The number of hydrogen-bond acceptors (Lipinski definition) is 4. The molecular weight excluding hydrogens is 295 g/mol. The van der Waals surface area contributed by atoms with Gasteiger partial charge in [0, 0.05) is 23.9 Å². The second-order valence-corrected chi connectivity index (χ2v) is 5.89.